The maximum atomic E-state index is 10.6. The van der Waals surface area contributed by atoms with Crippen LogP contribution < -0.4 is 10.6 Å². The first-order valence-corrected chi connectivity index (χ1v) is 12.4. The minimum absolute atomic E-state index is 0.0595. The van der Waals surface area contributed by atoms with Crippen LogP contribution in [0.2, 0.25) is 0 Å². The van der Waals surface area contributed by atoms with Crippen LogP contribution in [0.5, 0.6) is 0 Å². The third kappa shape index (κ3) is 5.30. The third-order valence-corrected chi connectivity index (χ3v) is 7.53. The number of rotatable bonds is 6. The summed E-state index contributed by atoms with van der Waals surface area (Å²) in [5, 5.41) is 38.0. The Labute approximate surface area is 199 Å². The Balaban J connectivity index is 1.71. The zero-order valence-corrected chi connectivity index (χ0v) is 20.9. The zero-order chi connectivity index (χ0) is 23.9. The van der Waals surface area contributed by atoms with Gasteiger partial charge < -0.3 is 30.9 Å². The summed E-state index contributed by atoms with van der Waals surface area (Å²) in [6, 6.07) is -0.429. The van der Waals surface area contributed by atoms with E-state index in [1.54, 1.807) is 11.3 Å². The summed E-state index contributed by atoms with van der Waals surface area (Å²) in [4.78, 5) is 18.0. The van der Waals surface area contributed by atoms with Gasteiger partial charge >= 0.3 is 0 Å². The summed E-state index contributed by atoms with van der Waals surface area (Å²) in [5.41, 5.74) is 2.78. The van der Waals surface area contributed by atoms with E-state index in [0.717, 1.165) is 41.5 Å². The number of fused-ring (bicyclic) bond motifs is 1. The first kappa shape index (κ1) is 24.3. The van der Waals surface area contributed by atoms with E-state index in [1.165, 1.54) is 4.88 Å². The molecule has 0 bridgehead atoms. The van der Waals surface area contributed by atoms with Crippen LogP contribution in [0.25, 0.3) is 10.6 Å². The average Bonchev–Trinajstić information content (AvgIpc) is 3.26. The number of nitrogens with zero attached hydrogens (tertiary/aromatic N) is 4. The first-order valence-electron chi connectivity index (χ1n) is 11.6. The minimum atomic E-state index is -0.991. The van der Waals surface area contributed by atoms with Gasteiger partial charge in [0.2, 0.25) is 5.95 Å². The standard InChI is InChI=1S/C23H36N6O3S/c1-12-17(21-27-15-9-29(5)7-6-16(15)33-21)20(28-22(25-12)24-11-23(2,3)4)26-14-8-13(10-30)18(31)19(14)32/h13-14,18-19,30-32H,6-11H2,1-5H3,(H2,24,25,26,28). The molecular formula is C23H36N6O3S. The second-order valence-electron chi connectivity index (χ2n) is 10.6. The minimum Gasteiger partial charge on any atom is -0.396 e. The highest BCUT2D eigenvalue weighted by molar-refractivity contribution is 7.15. The fraction of sp³-hybridized carbons (Fsp3) is 0.696. The van der Waals surface area contributed by atoms with Crippen LogP contribution in [0, 0.1) is 18.3 Å². The SMILES string of the molecule is Cc1nc(NCC(C)(C)C)nc(NC2CC(CO)C(O)C2O)c1-c1nc2c(s1)CCN(C)C2. The molecule has 4 unspecified atom stereocenters. The molecule has 182 valence electrons. The largest absolute Gasteiger partial charge is 0.396 e. The van der Waals surface area contributed by atoms with Gasteiger partial charge in [-0.15, -0.1) is 11.3 Å². The zero-order valence-electron chi connectivity index (χ0n) is 20.1. The number of thiazole rings is 1. The molecule has 3 heterocycles. The van der Waals surface area contributed by atoms with Gasteiger partial charge in [-0.05, 0) is 32.2 Å². The van der Waals surface area contributed by atoms with Crippen molar-refractivity contribution in [2.75, 3.05) is 37.4 Å². The normalized spacial score (nSPS) is 25.8. The molecular weight excluding hydrogens is 440 g/mol. The smallest absolute Gasteiger partial charge is 0.224 e. The molecule has 1 aliphatic heterocycles. The molecule has 0 amide bonds. The summed E-state index contributed by atoms with van der Waals surface area (Å²) >= 11 is 1.68. The lowest BCUT2D eigenvalue weighted by Gasteiger charge is -2.22. The van der Waals surface area contributed by atoms with Crippen LogP contribution in [0.4, 0.5) is 11.8 Å². The molecule has 5 N–H and O–H groups in total. The third-order valence-electron chi connectivity index (χ3n) is 6.36. The summed E-state index contributed by atoms with van der Waals surface area (Å²) < 4.78 is 0. The van der Waals surface area contributed by atoms with E-state index in [4.69, 9.17) is 15.0 Å². The van der Waals surface area contributed by atoms with Gasteiger partial charge in [-0.2, -0.15) is 4.98 Å². The molecule has 0 spiro atoms. The Morgan fingerprint density at radius 2 is 1.91 bits per heavy atom. The molecule has 2 aromatic heterocycles. The number of hydrogen-bond acceptors (Lipinski definition) is 10. The lowest BCUT2D eigenvalue weighted by Crippen LogP contribution is -2.36. The fourth-order valence-electron chi connectivity index (χ4n) is 4.42. The van der Waals surface area contributed by atoms with E-state index in [-0.39, 0.29) is 17.9 Å². The van der Waals surface area contributed by atoms with Crippen molar-refractivity contribution in [1.29, 1.82) is 0 Å². The van der Waals surface area contributed by atoms with Crippen LogP contribution in [0.3, 0.4) is 0 Å². The Kier molecular flexibility index (Phi) is 6.93. The molecule has 1 saturated carbocycles. The number of aryl methyl sites for hydroxylation is 1. The Morgan fingerprint density at radius 3 is 2.58 bits per heavy atom. The van der Waals surface area contributed by atoms with Crippen LogP contribution >= 0.6 is 11.3 Å². The van der Waals surface area contributed by atoms with Crippen molar-refractivity contribution >= 4 is 23.1 Å². The van der Waals surface area contributed by atoms with Gasteiger partial charge in [0.05, 0.1) is 29.1 Å². The van der Waals surface area contributed by atoms with Crippen LogP contribution in [-0.2, 0) is 13.0 Å². The summed E-state index contributed by atoms with van der Waals surface area (Å²) in [5.74, 6) is 0.736. The molecule has 10 heteroatoms. The van der Waals surface area contributed by atoms with Crippen molar-refractivity contribution in [2.45, 2.75) is 65.3 Å². The van der Waals surface area contributed by atoms with Gasteiger partial charge in [-0.25, -0.2) is 9.97 Å². The second kappa shape index (κ2) is 9.42. The van der Waals surface area contributed by atoms with Crippen molar-refractivity contribution in [1.82, 2.24) is 19.9 Å². The average molecular weight is 477 g/mol. The van der Waals surface area contributed by atoms with Crippen molar-refractivity contribution in [3.63, 3.8) is 0 Å². The molecule has 4 rings (SSSR count). The predicted molar refractivity (Wildman–Crippen MR) is 130 cm³/mol. The molecule has 9 nitrogen and oxygen atoms in total. The van der Waals surface area contributed by atoms with Crippen molar-refractivity contribution in [3.8, 4) is 10.6 Å². The molecule has 1 aliphatic carbocycles. The Bertz CT molecular complexity index is 991. The first-order chi connectivity index (χ1) is 15.6. The van der Waals surface area contributed by atoms with Crippen molar-refractivity contribution < 1.29 is 15.3 Å². The molecule has 0 aromatic carbocycles. The summed E-state index contributed by atoms with van der Waals surface area (Å²) in [7, 11) is 2.10. The topological polar surface area (TPSA) is 127 Å². The lowest BCUT2D eigenvalue weighted by atomic mass is 9.97. The van der Waals surface area contributed by atoms with Gasteiger partial charge in [-0.1, -0.05) is 20.8 Å². The maximum Gasteiger partial charge on any atom is 0.224 e. The van der Waals surface area contributed by atoms with Gasteiger partial charge in [0, 0.05) is 37.0 Å². The number of aromatic nitrogens is 3. The summed E-state index contributed by atoms with van der Waals surface area (Å²) in [6.45, 7) is 10.8. The quantitative estimate of drug-likeness (QED) is 0.425. The monoisotopic (exact) mass is 476 g/mol. The molecule has 1 fully saturated rings. The maximum absolute atomic E-state index is 10.6. The highest BCUT2D eigenvalue weighted by Gasteiger charge is 2.41. The number of aliphatic hydroxyl groups is 3. The van der Waals surface area contributed by atoms with Crippen LogP contribution in [0.15, 0.2) is 0 Å². The number of nitrogens with one attached hydrogen (secondary N) is 2. The molecule has 33 heavy (non-hydrogen) atoms. The lowest BCUT2D eigenvalue weighted by molar-refractivity contribution is 0.00446. The molecule has 0 radical (unpaired) electrons. The Hall–Kier alpha value is -1.85. The number of anilines is 2. The van der Waals surface area contributed by atoms with E-state index < -0.39 is 18.2 Å². The van der Waals surface area contributed by atoms with Crippen molar-refractivity contribution in [3.05, 3.63) is 16.3 Å². The number of likely N-dealkylation sites (N-methyl/N-ethyl adjacent to an activating group) is 1. The van der Waals surface area contributed by atoms with E-state index in [0.29, 0.717) is 24.7 Å². The van der Waals surface area contributed by atoms with Gasteiger partial charge in [0.1, 0.15) is 16.9 Å². The fourth-order valence-corrected chi connectivity index (χ4v) is 5.57. The van der Waals surface area contributed by atoms with E-state index >= 15 is 0 Å². The van der Waals surface area contributed by atoms with Crippen LogP contribution in [0.1, 0.15) is 43.5 Å². The summed E-state index contributed by atoms with van der Waals surface area (Å²) in [6.07, 6.45) is -0.538. The predicted octanol–water partition coefficient (Wildman–Crippen LogP) is 1.87. The van der Waals surface area contributed by atoms with Gasteiger partial charge in [0.25, 0.3) is 0 Å². The second-order valence-corrected chi connectivity index (χ2v) is 11.6. The number of aliphatic hydroxyl groups excluding tert-OH is 3. The highest BCUT2D eigenvalue weighted by atomic mass is 32.1. The molecule has 4 atom stereocenters. The van der Waals surface area contributed by atoms with Gasteiger partial charge in [-0.3, -0.25) is 0 Å². The van der Waals surface area contributed by atoms with Crippen LogP contribution in [-0.4, -0.2) is 80.2 Å². The molecule has 0 saturated heterocycles. The Morgan fingerprint density at radius 1 is 1.15 bits per heavy atom. The van der Waals surface area contributed by atoms with Crippen molar-refractivity contribution in [2.24, 2.45) is 11.3 Å². The highest BCUT2D eigenvalue weighted by Crippen LogP contribution is 2.38. The number of hydrogen-bond donors (Lipinski definition) is 5. The molecule has 2 aromatic rings. The molecule has 2 aliphatic rings. The van der Waals surface area contributed by atoms with Gasteiger partial charge in [0.15, 0.2) is 0 Å². The van der Waals surface area contributed by atoms with E-state index in [2.05, 4.69) is 43.4 Å². The van der Waals surface area contributed by atoms with E-state index in [9.17, 15) is 15.3 Å². The van der Waals surface area contributed by atoms with E-state index in [1.807, 2.05) is 6.92 Å².